The lowest BCUT2D eigenvalue weighted by Gasteiger charge is -2.11. The van der Waals surface area contributed by atoms with E-state index in [1.54, 1.807) is 0 Å². The summed E-state index contributed by atoms with van der Waals surface area (Å²) in [5, 5.41) is 35.7. The molecule has 0 aromatic carbocycles. The van der Waals surface area contributed by atoms with Gasteiger partial charge in [-0.05, 0) is 0 Å². The van der Waals surface area contributed by atoms with E-state index in [0.717, 1.165) is 0 Å². The summed E-state index contributed by atoms with van der Waals surface area (Å²) in [7, 11) is 0. The zero-order valence-corrected chi connectivity index (χ0v) is 5.88. The van der Waals surface area contributed by atoms with Crippen molar-refractivity contribution < 1.29 is 20.2 Å². The Morgan fingerprint density at radius 2 is 2.00 bits per heavy atom. The van der Waals surface area contributed by atoms with E-state index in [-0.39, 0.29) is 13.0 Å². The fourth-order valence-corrected chi connectivity index (χ4v) is 0.653. The predicted molar refractivity (Wildman–Crippen MR) is 35.6 cm³/mol. The number of hydrogen-bond donors (Lipinski definition) is 3. The van der Waals surface area contributed by atoms with Gasteiger partial charge >= 0.3 is 0 Å². The summed E-state index contributed by atoms with van der Waals surface area (Å²) in [4.78, 5) is 9.29. The zero-order valence-electron chi connectivity index (χ0n) is 5.88. The first-order chi connectivity index (χ1) is 5.13. The Kier molecular flexibility index (Phi) is 4.67. The maximum Gasteiger partial charge on any atom is 0.261 e. The molecule has 3 N–H and O–H groups in total. The lowest BCUT2D eigenvalue weighted by atomic mass is 10.1. The van der Waals surface area contributed by atoms with Gasteiger partial charge in [-0.1, -0.05) is 0 Å². The van der Waals surface area contributed by atoms with Crippen LogP contribution in [0.4, 0.5) is 0 Å². The van der Waals surface area contributed by atoms with Crippen molar-refractivity contribution >= 4 is 0 Å². The van der Waals surface area contributed by atoms with Crippen LogP contribution in [0.1, 0.15) is 6.42 Å². The van der Waals surface area contributed by atoms with E-state index in [1.807, 2.05) is 0 Å². The minimum Gasteiger partial charge on any atom is -0.396 e. The highest BCUT2D eigenvalue weighted by molar-refractivity contribution is 4.65. The van der Waals surface area contributed by atoms with E-state index in [1.165, 1.54) is 0 Å². The third-order valence-corrected chi connectivity index (χ3v) is 1.33. The number of rotatable bonds is 5. The third kappa shape index (κ3) is 3.26. The average Bonchev–Trinajstić information content (AvgIpc) is 1.88. The van der Waals surface area contributed by atoms with Crippen LogP contribution >= 0.6 is 0 Å². The SMILES string of the molecule is O=[N+]([O-])C(CO)C(O)CCO. The standard InChI is InChI=1S/C5H11NO5/c7-2-1-5(9)4(3-8)6(10)11/h4-5,7-9H,1-3H2. The molecule has 0 saturated carbocycles. The molecule has 0 heterocycles. The van der Waals surface area contributed by atoms with Gasteiger partial charge in [0.1, 0.15) is 12.7 Å². The highest BCUT2D eigenvalue weighted by Crippen LogP contribution is 2.01. The second-order valence-electron chi connectivity index (χ2n) is 2.11. The van der Waals surface area contributed by atoms with E-state index in [4.69, 9.17) is 15.3 Å². The van der Waals surface area contributed by atoms with E-state index in [2.05, 4.69) is 0 Å². The number of aliphatic hydroxyl groups is 3. The van der Waals surface area contributed by atoms with Crippen molar-refractivity contribution in [3.05, 3.63) is 10.1 Å². The molecule has 0 spiro atoms. The molecule has 6 heteroatoms. The van der Waals surface area contributed by atoms with Crippen LogP contribution in [0.2, 0.25) is 0 Å². The molecule has 0 aliphatic carbocycles. The van der Waals surface area contributed by atoms with Gasteiger partial charge in [-0.25, -0.2) is 0 Å². The van der Waals surface area contributed by atoms with Crippen LogP contribution in [0.25, 0.3) is 0 Å². The van der Waals surface area contributed by atoms with Crippen molar-refractivity contribution in [3.8, 4) is 0 Å². The molecule has 0 bridgehead atoms. The Bertz CT molecular complexity index is 128. The average molecular weight is 165 g/mol. The molecule has 11 heavy (non-hydrogen) atoms. The largest absolute Gasteiger partial charge is 0.396 e. The summed E-state index contributed by atoms with van der Waals surface area (Å²) in [6.45, 7) is -1.04. The summed E-state index contributed by atoms with van der Waals surface area (Å²) in [5.74, 6) is 0. The first-order valence-corrected chi connectivity index (χ1v) is 3.16. The van der Waals surface area contributed by atoms with Crippen molar-refractivity contribution in [2.45, 2.75) is 18.6 Å². The Hall–Kier alpha value is -0.720. The summed E-state index contributed by atoms with van der Waals surface area (Å²) < 4.78 is 0. The number of aliphatic hydroxyl groups excluding tert-OH is 3. The molecule has 0 aliphatic heterocycles. The molecular formula is C5H11NO5. The third-order valence-electron chi connectivity index (χ3n) is 1.33. The van der Waals surface area contributed by atoms with Gasteiger partial charge in [0, 0.05) is 18.0 Å². The highest BCUT2D eigenvalue weighted by atomic mass is 16.6. The molecule has 0 saturated heterocycles. The van der Waals surface area contributed by atoms with E-state index in [9.17, 15) is 10.1 Å². The smallest absolute Gasteiger partial charge is 0.261 e. The summed E-state index contributed by atoms with van der Waals surface area (Å²) in [6.07, 6.45) is -1.37. The molecule has 0 rings (SSSR count). The first-order valence-electron chi connectivity index (χ1n) is 3.16. The first kappa shape index (κ1) is 10.3. The summed E-state index contributed by atoms with van der Waals surface area (Å²) >= 11 is 0. The van der Waals surface area contributed by atoms with Crippen molar-refractivity contribution in [1.29, 1.82) is 0 Å². The van der Waals surface area contributed by atoms with E-state index >= 15 is 0 Å². The Labute approximate surface area is 63.2 Å². The van der Waals surface area contributed by atoms with Gasteiger partial charge in [0.05, 0.1) is 0 Å². The van der Waals surface area contributed by atoms with Crippen LogP contribution in [0.3, 0.4) is 0 Å². The summed E-state index contributed by atoms with van der Waals surface area (Å²) in [5.41, 5.74) is 0. The Balaban J connectivity index is 3.91. The van der Waals surface area contributed by atoms with Crippen molar-refractivity contribution in [2.75, 3.05) is 13.2 Å². The molecule has 6 nitrogen and oxygen atoms in total. The fraction of sp³-hybridized carbons (Fsp3) is 1.00. The van der Waals surface area contributed by atoms with Crippen molar-refractivity contribution in [3.63, 3.8) is 0 Å². The topological polar surface area (TPSA) is 104 Å². The maximum atomic E-state index is 10.1. The van der Waals surface area contributed by atoms with Crippen molar-refractivity contribution in [1.82, 2.24) is 0 Å². The summed E-state index contributed by atoms with van der Waals surface area (Å²) in [6, 6.07) is -1.39. The molecule has 66 valence electrons. The van der Waals surface area contributed by atoms with Gasteiger partial charge in [-0.2, -0.15) is 0 Å². The van der Waals surface area contributed by atoms with Crippen LogP contribution in [0.15, 0.2) is 0 Å². The van der Waals surface area contributed by atoms with E-state index < -0.39 is 23.7 Å². The van der Waals surface area contributed by atoms with Crippen LogP contribution in [-0.2, 0) is 0 Å². The lowest BCUT2D eigenvalue weighted by Crippen LogP contribution is -2.37. The Morgan fingerprint density at radius 3 is 2.27 bits per heavy atom. The van der Waals surface area contributed by atoms with Gasteiger partial charge in [-0.3, -0.25) is 10.1 Å². The molecular weight excluding hydrogens is 154 g/mol. The zero-order chi connectivity index (χ0) is 8.85. The minimum atomic E-state index is -1.39. The normalized spacial score (nSPS) is 15.9. The number of nitrogens with zero attached hydrogens (tertiary/aromatic N) is 1. The molecule has 0 fully saturated rings. The van der Waals surface area contributed by atoms with Crippen LogP contribution in [0, 0.1) is 10.1 Å². The maximum absolute atomic E-state index is 10.1. The molecule has 0 aromatic heterocycles. The quantitative estimate of drug-likeness (QED) is 0.335. The molecule has 0 radical (unpaired) electrons. The molecule has 0 aliphatic rings. The Morgan fingerprint density at radius 1 is 1.45 bits per heavy atom. The highest BCUT2D eigenvalue weighted by Gasteiger charge is 2.27. The number of nitro groups is 1. The predicted octanol–water partition coefficient (Wildman–Crippen LogP) is -1.63. The lowest BCUT2D eigenvalue weighted by molar-refractivity contribution is -0.537. The van der Waals surface area contributed by atoms with E-state index in [0.29, 0.717) is 0 Å². The second-order valence-corrected chi connectivity index (χ2v) is 2.11. The second kappa shape index (κ2) is 5.00. The van der Waals surface area contributed by atoms with Crippen LogP contribution < -0.4 is 0 Å². The number of hydrogen-bond acceptors (Lipinski definition) is 5. The monoisotopic (exact) mass is 165 g/mol. The molecule has 2 unspecified atom stereocenters. The van der Waals surface area contributed by atoms with Crippen molar-refractivity contribution in [2.24, 2.45) is 0 Å². The fourth-order valence-electron chi connectivity index (χ4n) is 0.653. The van der Waals surface area contributed by atoms with Crippen LogP contribution in [0.5, 0.6) is 0 Å². The minimum absolute atomic E-state index is 0.0911. The molecule has 0 aromatic rings. The van der Waals surface area contributed by atoms with Gasteiger partial charge in [0.2, 0.25) is 0 Å². The molecule has 0 amide bonds. The van der Waals surface area contributed by atoms with Gasteiger partial charge < -0.3 is 15.3 Å². The molecule has 2 atom stereocenters. The van der Waals surface area contributed by atoms with Gasteiger partial charge in [0.15, 0.2) is 0 Å². The van der Waals surface area contributed by atoms with Gasteiger partial charge in [0.25, 0.3) is 6.04 Å². The van der Waals surface area contributed by atoms with Crippen LogP contribution in [-0.4, -0.2) is 45.6 Å². The van der Waals surface area contributed by atoms with Gasteiger partial charge in [-0.15, -0.1) is 0 Å².